The predicted octanol–water partition coefficient (Wildman–Crippen LogP) is 3.24. The fraction of sp³-hybridized carbons (Fsp3) is 0.235. The molecule has 0 unspecified atom stereocenters. The molecule has 0 radical (unpaired) electrons. The summed E-state index contributed by atoms with van der Waals surface area (Å²) in [5, 5.41) is 0. The maximum absolute atomic E-state index is 12.9. The molecule has 4 heteroatoms. The fourth-order valence-electron chi connectivity index (χ4n) is 2.58. The Kier molecular flexibility index (Phi) is 3.09. The number of carbonyl (C=O) groups is 1. The molecule has 1 aliphatic rings. The summed E-state index contributed by atoms with van der Waals surface area (Å²) >= 11 is 0. The topological polar surface area (TPSA) is 46.1 Å². The van der Waals surface area contributed by atoms with Gasteiger partial charge >= 0.3 is 0 Å². The highest BCUT2D eigenvalue weighted by Crippen LogP contribution is 2.35. The van der Waals surface area contributed by atoms with E-state index in [-0.39, 0.29) is 5.91 Å². The SMILES string of the molecule is Cc1ccc2c(c1)C=CC(C)(C)N2C(=O)c1cnccn1. The summed E-state index contributed by atoms with van der Waals surface area (Å²) in [5.74, 6) is -0.137. The lowest BCUT2D eigenvalue weighted by atomic mass is 9.92. The van der Waals surface area contributed by atoms with Crippen molar-refractivity contribution in [2.24, 2.45) is 0 Å². The van der Waals surface area contributed by atoms with Gasteiger partial charge in [-0.15, -0.1) is 0 Å². The number of anilines is 1. The highest BCUT2D eigenvalue weighted by atomic mass is 16.2. The molecule has 2 heterocycles. The van der Waals surface area contributed by atoms with Crippen molar-refractivity contribution in [3.63, 3.8) is 0 Å². The van der Waals surface area contributed by atoms with Gasteiger partial charge in [0.15, 0.2) is 0 Å². The third-order valence-electron chi connectivity index (χ3n) is 3.66. The van der Waals surface area contributed by atoms with E-state index in [1.807, 2.05) is 39.0 Å². The molecule has 0 fully saturated rings. The van der Waals surface area contributed by atoms with Crippen LogP contribution in [-0.4, -0.2) is 21.4 Å². The van der Waals surface area contributed by atoms with Gasteiger partial charge in [0.2, 0.25) is 0 Å². The fourth-order valence-corrected chi connectivity index (χ4v) is 2.58. The van der Waals surface area contributed by atoms with Crippen molar-refractivity contribution in [1.29, 1.82) is 0 Å². The summed E-state index contributed by atoms with van der Waals surface area (Å²) < 4.78 is 0. The second kappa shape index (κ2) is 4.81. The molecular formula is C17H17N3O. The number of hydrogen-bond donors (Lipinski definition) is 0. The van der Waals surface area contributed by atoms with E-state index in [1.165, 1.54) is 18.0 Å². The van der Waals surface area contributed by atoms with E-state index in [0.29, 0.717) is 5.69 Å². The first kappa shape index (κ1) is 13.5. The van der Waals surface area contributed by atoms with Crippen LogP contribution in [0.1, 0.15) is 35.5 Å². The molecule has 2 aromatic rings. The maximum Gasteiger partial charge on any atom is 0.279 e. The second-order valence-electron chi connectivity index (χ2n) is 5.78. The van der Waals surface area contributed by atoms with Crippen molar-refractivity contribution in [2.45, 2.75) is 26.3 Å². The number of aromatic nitrogens is 2. The second-order valence-corrected chi connectivity index (χ2v) is 5.78. The highest BCUT2D eigenvalue weighted by molar-refractivity contribution is 6.07. The number of aryl methyl sites for hydroxylation is 1. The normalized spacial score (nSPS) is 15.7. The van der Waals surface area contributed by atoms with Gasteiger partial charge in [-0.25, -0.2) is 4.98 Å². The Morgan fingerprint density at radius 3 is 2.76 bits per heavy atom. The van der Waals surface area contributed by atoms with Crippen LogP contribution in [0.5, 0.6) is 0 Å². The number of amides is 1. The van der Waals surface area contributed by atoms with Gasteiger partial charge < -0.3 is 0 Å². The lowest BCUT2D eigenvalue weighted by Crippen LogP contribution is -2.48. The predicted molar refractivity (Wildman–Crippen MR) is 83.1 cm³/mol. The van der Waals surface area contributed by atoms with Gasteiger partial charge in [-0.2, -0.15) is 0 Å². The Hall–Kier alpha value is -2.49. The quantitative estimate of drug-likeness (QED) is 0.805. The summed E-state index contributed by atoms with van der Waals surface area (Å²) in [6.45, 7) is 6.07. The summed E-state index contributed by atoms with van der Waals surface area (Å²) in [5.41, 5.74) is 3.07. The Morgan fingerprint density at radius 1 is 1.24 bits per heavy atom. The van der Waals surface area contributed by atoms with Crippen LogP contribution in [0, 0.1) is 6.92 Å². The van der Waals surface area contributed by atoms with Crippen molar-refractivity contribution in [3.05, 3.63) is 59.7 Å². The Balaban J connectivity index is 2.12. The van der Waals surface area contributed by atoms with Crippen LogP contribution in [0.3, 0.4) is 0 Å². The minimum absolute atomic E-state index is 0.137. The summed E-state index contributed by atoms with van der Waals surface area (Å²) in [4.78, 5) is 22.8. The Bertz CT molecular complexity index is 720. The minimum Gasteiger partial charge on any atom is -0.297 e. The molecule has 4 nitrogen and oxygen atoms in total. The van der Waals surface area contributed by atoms with Crippen molar-refractivity contribution in [1.82, 2.24) is 9.97 Å². The number of benzene rings is 1. The summed E-state index contributed by atoms with van der Waals surface area (Å²) in [6, 6.07) is 6.09. The molecule has 0 saturated carbocycles. The molecule has 1 aromatic carbocycles. The number of rotatable bonds is 1. The molecule has 21 heavy (non-hydrogen) atoms. The molecule has 0 N–H and O–H groups in total. The monoisotopic (exact) mass is 279 g/mol. The molecule has 1 aromatic heterocycles. The molecule has 0 aliphatic carbocycles. The first-order valence-corrected chi connectivity index (χ1v) is 6.89. The van der Waals surface area contributed by atoms with E-state index < -0.39 is 5.54 Å². The van der Waals surface area contributed by atoms with E-state index in [4.69, 9.17) is 0 Å². The van der Waals surface area contributed by atoms with Crippen LogP contribution >= 0.6 is 0 Å². The van der Waals surface area contributed by atoms with Crippen LogP contribution in [0.25, 0.3) is 6.08 Å². The van der Waals surface area contributed by atoms with Crippen LogP contribution in [-0.2, 0) is 0 Å². The van der Waals surface area contributed by atoms with Crippen molar-refractivity contribution < 1.29 is 4.79 Å². The van der Waals surface area contributed by atoms with E-state index in [9.17, 15) is 4.79 Å². The Morgan fingerprint density at radius 2 is 2.05 bits per heavy atom. The zero-order valence-electron chi connectivity index (χ0n) is 12.4. The smallest absolute Gasteiger partial charge is 0.279 e. The first-order valence-electron chi connectivity index (χ1n) is 6.89. The number of hydrogen-bond acceptors (Lipinski definition) is 3. The van der Waals surface area contributed by atoms with Gasteiger partial charge in [-0.3, -0.25) is 14.7 Å². The molecule has 0 bridgehead atoms. The molecule has 1 amide bonds. The van der Waals surface area contributed by atoms with Crippen molar-refractivity contribution in [2.75, 3.05) is 4.90 Å². The lowest BCUT2D eigenvalue weighted by molar-refractivity contribution is 0.0965. The largest absolute Gasteiger partial charge is 0.297 e. The van der Waals surface area contributed by atoms with E-state index in [0.717, 1.165) is 11.3 Å². The van der Waals surface area contributed by atoms with Crippen molar-refractivity contribution in [3.8, 4) is 0 Å². The van der Waals surface area contributed by atoms with E-state index in [2.05, 4.69) is 22.1 Å². The molecule has 0 saturated heterocycles. The third kappa shape index (κ3) is 2.33. The molecular weight excluding hydrogens is 262 g/mol. The standard InChI is InChI=1S/C17H17N3O/c1-12-4-5-15-13(10-12)6-7-17(2,3)20(15)16(21)14-11-18-8-9-19-14/h4-11H,1-3H3. The molecule has 0 atom stereocenters. The number of carbonyl (C=O) groups excluding carboxylic acids is 1. The molecule has 3 rings (SSSR count). The van der Waals surface area contributed by atoms with Gasteiger partial charge in [-0.1, -0.05) is 23.8 Å². The van der Waals surface area contributed by atoms with Crippen LogP contribution < -0.4 is 4.90 Å². The van der Waals surface area contributed by atoms with Crippen LogP contribution in [0.2, 0.25) is 0 Å². The van der Waals surface area contributed by atoms with Gasteiger partial charge in [0.1, 0.15) is 5.69 Å². The van der Waals surface area contributed by atoms with Gasteiger partial charge in [-0.05, 0) is 38.5 Å². The maximum atomic E-state index is 12.9. The lowest BCUT2D eigenvalue weighted by Gasteiger charge is -2.39. The number of fused-ring (bicyclic) bond motifs is 1. The van der Waals surface area contributed by atoms with Gasteiger partial charge in [0.25, 0.3) is 5.91 Å². The summed E-state index contributed by atoms with van der Waals surface area (Å²) in [7, 11) is 0. The van der Waals surface area contributed by atoms with Gasteiger partial charge in [0.05, 0.1) is 17.4 Å². The minimum atomic E-state index is -0.406. The van der Waals surface area contributed by atoms with Crippen molar-refractivity contribution >= 4 is 17.7 Å². The zero-order valence-corrected chi connectivity index (χ0v) is 12.4. The average molecular weight is 279 g/mol. The van der Waals surface area contributed by atoms with E-state index >= 15 is 0 Å². The van der Waals surface area contributed by atoms with E-state index in [1.54, 1.807) is 11.1 Å². The highest BCUT2D eigenvalue weighted by Gasteiger charge is 2.35. The molecule has 106 valence electrons. The summed E-state index contributed by atoms with van der Waals surface area (Å²) in [6.07, 6.45) is 8.72. The average Bonchev–Trinajstić information content (AvgIpc) is 2.47. The molecule has 1 aliphatic heterocycles. The first-order chi connectivity index (χ1) is 9.99. The van der Waals surface area contributed by atoms with Gasteiger partial charge in [0, 0.05) is 12.4 Å². The zero-order chi connectivity index (χ0) is 15.0. The van der Waals surface area contributed by atoms with Crippen LogP contribution in [0.15, 0.2) is 42.9 Å². The van der Waals surface area contributed by atoms with Crippen LogP contribution in [0.4, 0.5) is 5.69 Å². The third-order valence-corrected chi connectivity index (χ3v) is 3.66. The molecule has 0 spiro atoms. The Labute approximate surface area is 124 Å². The number of nitrogens with zero attached hydrogens (tertiary/aromatic N) is 3.